The number of aromatic nitrogens is 1. The van der Waals surface area contributed by atoms with E-state index >= 15 is 0 Å². The van der Waals surface area contributed by atoms with E-state index in [-0.39, 0.29) is 29.3 Å². The van der Waals surface area contributed by atoms with E-state index in [0.29, 0.717) is 12.1 Å². The van der Waals surface area contributed by atoms with Crippen molar-refractivity contribution < 1.29 is 9.59 Å². The molecule has 0 aliphatic heterocycles. The highest BCUT2D eigenvalue weighted by Gasteiger charge is 2.18. The van der Waals surface area contributed by atoms with Gasteiger partial charge in [-0.05, 0) is 41.5 Å². The maximum Gasteiger partial charge on any atom is 0.274 e. The first-order valence-corrected chi connectivity index (χ1v) is 10.0. The number of unbranched alkanes of at least 4 members (excludes halogenated alkanes) is 1. The van der Waals surface area contributed by atoms with Crippen molar-refractivity contribution in [3.05, 3.63) is 58.9 Å². The van der Waals surface area contributed by atoms with Crippen LogP contribution in [0.4, 0.5) is 5.69 Å². The van der Waals surface area contributed by atoms with Crippen LogP contribution < -0.4 is 10.6 Å². The van der Waals surface area contributed by atoms with Crippen molar-refractivity contribution in [2.75, 3.05) is 11.9 Å². The van der Waals surface area contributed by atoms with E-state index in [4.69, 9.17) is 0 Å². The molecule has 0 fully saturated rings. The first-order chi connectivity index (χ1) is 13.3. The number of anilines is 1. The number of hydrogen-bond donors (Lipinski definition) is 2. The molecule has 0 saturated heterocycles. The number of benzene rings is 1. The van der Waals surface area contributed by atoms with Crippen LogP contribution in [0.5, 0.6) is 0 Å². The number of carbonyl (C=O) groups is 2. The van der Waals surface area contributed by atoms with Crippen molar-refractivity contribution in [1.29, 1.82) is 0 Å². The Hall–Kier alpha value is -2.69. The van der Waals surface area contributed by atoms with Crippen LogP contribution in [0.3, 0.4) is 0 Å². The van der Waals surface area contributed by atoms with E-state index in [1.54, 1.807) is 12.1 Å². The molecular weight excluding hydrogens is 350 g/mol. The predicted molar refractivity (Wildman–Crippen MR) is 114 cm³/mol. The summed E-state index contributed by atoms with van der Waals surface area (Å²) in [5.41, 5.74) is 3.70. The van der Waals surface area contributed by atoms with Gasteiger partial charge in [0.15, 0.2) is 0 Å². The summed E-state index contributed by atoms with van der Waals surface area (Å²) in [6.07, 6.45) is 3.44. The molecule has 150 valence electrons. The molecule has 2 aromatic rings. The third kappa shape index (κ3) is 5.41. The van der Waals surface area contributed by atoms with Crippen molar-refractivity contribution in [2.45, 2.75) is 59.3 Å². The van der Waals surface area contributed by atoms with Gasteiger partial charge in [0.2, 0.25) is 0 Å². The lowest BCUT2D eigenvalue weighted by Gasteiger charge is -2.20. The lowest BCUT2D eigenvalue weighted by molar-refractivity contribution is 0.0953. The minimum atomic E-state index is -0.307. The van der Waals surface area contributed by atoms with Gasteiger partial charge in [-0.1, -0.05) is 59.2 Å². The molecule has 0 radical (unpaired) electrons. The van der Waals surface area contributed by atoms with Gasteiger partial charge in [0.1, 0.15) is 5.69 Å². The molecule has 1 heterocycles. The predicted octanol–water partition coefficient (Wildman–Crippen LogP) is 5.11. The molecule has 0 unspecified atom stereocenters. The molecule has 0 bridgehead atoms. The number of amides is 2. The van der Waals surface area contributed by atoms with Crippen LogP contribution in [0.2, 0.25) is 0 Å². The molecule has 5 heteroatoms. The standard InChI is InChI=1S/C23H31N3O2/c1-6-7-12-25-22(27)17-11-13-24-20(14-17)23(28)26-21-18(15(2)3)9-8-10-19(21)16(4)5/h8-11,13-16H,6-7,12H2,1-5H3,(H,25,27)(H,26,28). The van der Waals surface area contributed by atoms with Crippen molar-refractivity contribution in [3.63, 3.8) is 0 Å². The summed E-state index contributed by atoms with van der Waals surface area (Å²) >= 11 is 0. The van der Waals surface area contributed by atoms with Crippen molar-refractivity contribution >= 4 is 17.5 Å². The summed E-state index contributed by atoms with van der Waals surface area (Å²) in [7, 11) is 0. The zero-order chi connectivity index (χ0) is 20.7. The van der Waals surface area contributed by atoms with Crippen LogP contribution in [0.1, 0.15) is 91.3 Å². The molecule has 2 N–H and O–H groups in total. The van der Waals surface area contributed by atoms with E-state index in [9.17, 15) is 9.59 Å². The normalized spacial score (nSPS) is 11.0. The van der Waals surface area contributed by atoms with E-state index in [1.165, 1.54) is 6.20 Å². The minimum Gasteiger partial charge on any atom is -0.352 e. The Labute approximate surface area is 168 Å². The van der Waals surface area contributed by atoms with Crippen LogP contribution in [0.15, 0.2) is 36.5 Å². The fourth-order valence-electron chi connectivity index (χ4n) is 3.05. The van der Waals surface area contributed by atoms with E-state index in [1.807, 2.05) is 18.2 Å². The van der Waals surface area contributed by atoms with Crippen LogP contribution in [-0.2, 0) is 0 Å². The van der Waals surface area contributed by atoms with E-state index in [0.717, 1.165) is 29.7 Å². The van der Waals surface area contributed by atoms with Gasteiger partial charge in [0.25, 0.3) is 11.8 Å². The molecule has 2 rings (SSSR count). The molecule has 0 aliphatic rings. The maximum absolute atomic E-state index is 12.9. The zero-order valence-electron chi connectivity index (χ0n) is 17.5. The molecule has 5 nitrogen and oxygen atoms in total. The lowest BCUT2D eigenvalue weighted by Crippen LogP contribution is -2.25. The summed E-state index contributed by atoms with van der Waals surface area (Å²) in [6.45, 7) is 11.1. The summed E-state index contributed by atoms with van der Waals surface area (Å²) in [5.74, 6) is 0.0591. The third-order valence-corrected chi connectivity index (χ3v) is 4.68. The van der Waals surface area contributed by atoms with Gasteiger partial charge in [-0.3, -0.25) is 14.6 Å². The second-order valence-corrected chi connectivity index (χ2v) is 7.61. The second kappa shape index (κ2) is 10.0. The van der Waals surface area contributed by atoms with Gasteiger partial charge in [0.05, 0.1) is 0 Å². The van der Waals surface area contributed by atoms with Crippen molar-refractivity contribution in [2.24, 2.45) is 0 Å². The van der Waals surface area contributed by atoms with Crippen molar-refractivity contribution in [1.82, 2.24) is 10.3 Å². The molecule has 0 saturated carbocycles. The number of hydrogen-bond acceptors (Lipinski definition) is 3. The fraction of sp³-hybridized carbons (Fsp3) is 0.435. The number of carbonyl (C=O) groups excluding carboxylic acids is 2. The molecular formula is C23H31N3O2. The molecule has 1 aromatic carbocycles. The number of nitrogens with zero attached hydrogens (tertiary/aromatic N) is 1. The van der Waals surface area contributed by atoms with Crippen LogP contribution >= 0.6 is 0 Å². The Balaban J connectivity index is 2.27. The van der Waals surface area contributed by atoms with Crippen LogP contribution in [-0.4, -0.2) is 23.3 Å². The zero-order valence-corrected chi connectivity index (χ0v) is 17.5. The lowest BCUT2D eigenvalue weighted by atomic mass is 9.92. The Kier molecular flexibility index (Phi) is 7.73. The molecule has 1 aromatic heterocycles. The van der Waals surface area contributed by atoms with Gasteiger partial charge in [-0.15, -0.1) is 0 Å². The van der Waals surface area contributed by atoms with Crippen LogP contribution in [0.25, 0.3) is 0 Å². The quantitative estimate of drug-likeness (QED) is 0.624. The maximum atomic E-state index is 12.9. The molecule has 0 atom stereocenters. The Bertz CT molecular complexity index is 802. The monoisotopic (exact) mass is 381 g/mol. The minimum absolute atomic E-state index is 0.185. The number of nitrogens with one attached hydrogen (secondary N) is 2. The highest BCUT2D eigenvalue weighted by Crippen LogP contribution is 2.32. The largest absolute Gasteiger partial charge is 0.352 e. The number of para-hydroxylation sites is 1. The van der Waals surface area contributed by atoms with E-state index < -0.39 is 0 Å². The summed E-state index contributed by atoms with van der Waals surface area (Å²) in [4.78, 5) is 29.3. The smallest absolute Gasteiger partial charge is 0.274 e. The van der Waals surface area contributed by atoms with Gasteiger partial charge < -0.3 is 10.6 Å². The first-order valence-electron chi connectivity index (χ1n) is 10.0. The van der Waals surface area contributed by atoms with E-state index in [2.05, 4.69) is 50.2 Å². The second-order valence-electron chi connectivity index (χ2n) is 7.61. The van der Waals surface area contributed by atoms with Gasteiger partial charge >= 0.3 is 0 Å². The van der Waals surface area contributed by atoms with Crippen LogP contribution in [0, 0.1) is 0 Å². The van der Waals surface area contributed by atoms with Crippen molar-refractivity contribution in [3.8, 4) is 0 Å². The third-order valence-electron chi connectivity index (χ3n) is 4.68. The average Bonchev–Trinajstić information content (AvgIpc) is 2.67. The van der Waals surface area contributed by atoms with Gasteiger partial charge in [0, 0.05) is 24.0 Å². The summed E-state index contributed by atoms with van der Waals surface area (Å²) in [5, 5.41) is 5.91. The number of pyridine rings is 1. The summed E-state index contributed by atoms with van der Waals surface area (Å²) < 4.78 is 0. The SMILES string of the molecule is CCCCNC(=O)c1ccnc(C(=O)Nc2c(C(C)C)cccc2C(C)C)c1. The Morgan fingerprint density at radius 3 is 2.21 bits per heavy atom. The van der Waals surface area contributed by atoms with Gasteiger partial charge in [-0.2, -0.15) is 0 Å². The molecule has 0 aliphatic carbocycles. The highest BCUT2D eigenvalue weighted by atomic mass is 16.2. The Morgan fingerprint density at radius 2 is 1.64 bits per heavy atom. The van der Waals surface area contributed by atoms with Gasteiger partial charge in [-0.25, -0.2) is 0 Å². The molecule has 0 spiro atoms. The summed E-state index contributed by atoms with van der Waals surface area (Å²) in [6, 6.07) is 9.28. The topological polar surface area (TPSA) is 71.1 Å². The molecule has 28 heavy (non-hydrogen) atoms. The average molecular weight is 382 g/mol. The number of rotatable bonds is 8. The fourth-order valence-corrected chi connectivity index (χ4v) is 3.05. The first kappa shape index (κ1) is 21.6. The highest BCUT2D eigenvalue weighted by molar-refractivity contribution is 6.05. The Morgan fingerprint density at radius 1 is 1.00 bits per heavy atom. The molecule has 2 amide bonds.